The minimum Gasteiger partial charge on any atom is -0.395 e. The van der Waals surface area contributed by atoms with Gasteiger partial charge < -0.3 is 19.5 Å². The molecule has 1 N–H and O–H groups in total. The molecule has 0 saturated carbocycles. The number of fused-ring (bicyclic) bond motifs is 1. The molecule has 7 heteroatoms. The van der Waals surface area contributed by atoms with Crippen LogP contribution in [-0.4, -0.2) is 69.1 Å². The van der Waals surface area contributed by atoms with Crippen LogP contribution < -0.4 is 0 Å². The molecule has 0 unspecified atom stereocenters. The number of para-hydroxylation sites is 2. The van der Waals surface area contributed by atoms with Gasteiger partial charge in [-0.1, -0.05) is 12.1 Å². The van der Waals surface area contributed by atoms with E-state index in [0.29, 0.717) is 39.0 Å². The minimum absolute atomic E-state index is 0.0112. The summed E-state index contributed by atoms with van der Waals surface area (Å²) in [6.07, 6.45) is 3.82. The number of hydrogen-bond donors (Lipinski definition) is 1. The number of rotatable bonds is 5. The summed E-state index contributed by atoms with van der Waals surface area (Å²) in [5, 5.41) is 9.26. The van der Waals surface area contributed by atoms with E-state index in [-0.39, 0.29) is 23.8 Å². The van der Waals surface area contributed by atoms with Crippen LogP contribution in [0.3, 0.4) is 0 Å². The number of carbonyl (C=O) groups is 2. The molecule has 1 spiro atoms. The number of aryl methyl sites for hydroxylation is 2. The summed E-state index contributed by atoms with van der Waals surface area (Å²) in [6.45, 7) is 5.15. The molecule has 1 aromatic heterocycles. The highest BCUT2D eigenvalue weighted by atomic mass is 16.3. The van der Waals surface area contributed by atoms with Crippen LogP contribution >= 0.6 is 0 Å². The summed E-state index contributed by atoms with van der Waals surface area (Å²) < 4.78 is 2.12. The van der Waals surface area contributed by atoms with Crippen molar-refractivity contribution in [3.8, 4) is 0 Å². The summed E-state index contributed by atoms with van der Waals surface area (Å²) in [7, 11) is 0. The number of carbonyl (C=O) groups excluding carboxylic acids is 2. The van der Waals surface area contributed by atoms with E-state index in [1.807, 2.05) is 36.1 Å². The van der Waals surface area contributed by atoms with Gasteiger partial charge in [0.15, 0.2) is 0 Å². The zero-order chi connectivity index (χ0) is 20.4. The highest BCUT2D eigenvalue weighted by Gasteiger charge is 2.42. The van der Waals surface area contributed by atoms with E-state index >= 15 is 0 Å². The van der Waals surface area contributed by atoms with Crippen molar-refractivity contribution in [1.82, 2.24) is 19.4 Å². The molecule has 1 aromatic carbocycles. The van der Waals surface area contributed by atoms with Crippen LogP contribution in [0.5, 0.6) is 0 Å². The Morgan fingerprint density at radius 2 is 2.03 bits per heavy atom. The number of aromatic nitrogens is 2. The Balaban J connectivity index is 1.41. The number of aliphatic hydroxyl groups excluding tert-OH is 1. The number of aliphatic hydroxyl groups is 1. The molecule has 4 rings (SSSR count). The minimum atomic E-state index is -0.0192. The molecule has 0 bridgehead atoms. The van der Waals surface area contributed by atoms with Crippen LogP contribution in [-0.2, 0) is 16.1 Å². The molecule has 2 fully saturated rings. The van der Waals surface area contributed by atoms with E-state index in [1.165, 1.54) is 0 Å². The van der Waals surface area contributed by atoms with E-state index < -0.39 is 0 Å². The number of imidazole rings is 1. The number of β-amino-alcohol motifs (C(OH)–C–C–N with tert-alkyl or cyclic N) is 1. The average molecular weight is 399 g/mol. The Labute approximate surface area is 171 Å². The first-order valence-corrected chi connectivity index (χ1v) is 10.6. The third kappa shape index (κ3) is 4.01. The molecule has 1 atom stereocenters. The fraction of sp³-hybridized carbons (Fsp3) is 0.591. The molecule has 0 aliphatic carbocycles. The van der Waals surface area contributed by atoms with Crippen molar-refractivity contribution >= 4 is 22.8 Å². The van der Waals surface area contributed by atoms with Gasteiger partial charge in [-0.15, -0.1) is 0 Å². The van der Waals surface area contributed by atoms with Gasteiger partial charge in [-0.2, -0.15) is 0 Å². The van der Waals surface area contributed by atoms with Crippen LogP contribution in [0.2, 0.25) is 0 Å². The molecule has 0 radical (unpaired) electrons. The third-order valence-corrected chi connectivity index (χ3v) is 6.53. The lowest BCUT2D eigenvalue weighted by Crippen LogP contribution is -2.55. The maximum Gasteiger partial charge on any atom is 0.224 e. The number of hydrogen-bond acceptors (Lipinski definition) is 4. The predicted molar refractivity (Wildman–Crippen MR) is 110 cm³/mol. The second-order valence-electron chi connectivity index (χ2n) is 8.51. The van der Waals surface area contributed by atoms with Crippen LogP contribution in [0.15, 0.2) is 24.3 Å². The normalized spacial score (nSPS) is 22.6. The van der Waals surface area contributed by atoms with Gasteiger partial charge in [0.1, 0.15) is 5.82 Å². The van der Waals surface area contributed by atoms with Crippen molar-refractivity contribution in [1.29, 1.82) is 0 Å². The predicted octanol–water partition coefficient (Wildman–Crippen LogP) is 1.96. The molecule has 2 aromatic rings. The van der Waals surface area contributed by atoms with Gasteiger partial charge in [0.25, 0.3) is 0 Å². The van der Waals surface area contributed by atoms with Crippen LogP contribution in [0, 0.1) is 12.3 Å². The Morgan fingerprint density at radius 3 is 2.86 bits per heavy atom. The van der Waals surface area contributed by atoms with E-state index in [4.69, 9.17) is 0 Å². The maximum atomic E-state index is 13.0. The molecule has 2 aliphatic heterocycles. The molecule has 2 saturated heterocycles. The van der Waals surface area contributed by atoms with E-state index in [2.05, 4.69) is 9.55 Å². The van der Waals surface area contributed by atoms with Crippen molar-refractivity contribution in [3.05, 3.63) is 30.1 Å². The molecule has 29 heavy (non-hydrogen) atoms. The molecular weight excluding hydrogens is 368 g/mol. The molecule has 2 amide bonds. The van der Waals surface area contributed by atoms with Gasteiger partial charge in [-0.25, -0.2) is 4.98 Å². The monoisotopic (exact) mass is 398 g/mol. The van der Waals surface area contributed by atoms with E-state index in [0.717, 1.165) is 42.7 Å². The first kappa shape index (κ1) is 19.9. The standard InChI is InChI=1S/C22H30N4O3/c1-17-23-18-5-2-3-6-19(18)26(17)12-8-21(29)24-11-4-9-22(15-24)10-7-20(28)25(16-22)13-14-27/h2-3,5-6,27H,4,7-16H2,1H3/t22-/m1/s1. The van der Waals surface area contributed by atoms with Gasteiger partial charge in [-0.05, 0) is 38.3 Å². The highest BCUT2D eigenvalue weighted by Crippen LogP contribution is 2.39. The van der Waals surface area contributed by atoms with Crippen LogP contribution in [0.1, 0.15) is 37.9 Å². The van der Waals surface area contributed by atoms with Crippen molar-refractivity contribution in [2.24, 2.45) is 5.41 Å². The topological polar surface area (TPSA) is 78.7 Å². The Hall–Kier alpha value is -2.41. The van der Waals surface area contributed by atoms with Crippen molar-refractivity contribution in [2.75, 3.05) is 32.8 Å². The summed E-state index contributed by atoms with van der Waals surface area (Å²) in [4.78, 5) is 33.5. The molecule has 3 heterocycles. The van der Waals surface area contributed by atoms with Gasteiger partial charge in [-0.3, -0.25) is 9.59 Å². The molecule has 7 nitrogen and oxygen atoms in total. The quantitative estimate of drug-likeness (QED) is 0.835. The van der Waals surface area contributed by atoms with Crippen molar-refractivity contribution < 1.29 is 14.7 Å². The number of nitrogens with zero attached hydrogens (tertiary/aromatic N) is 4. The smallest absolute Gasteiger partial charge is 0.224 e. The van der Waals surface area contributed by atoms with Crippen molar-refractivity contribution in [2.45, 2.75) is 45.6 Å². The van der Waals surface area contributed by atoms with Gasteiger partial charge in [0.05, 0.1) is 17.6 Å². The first-order valence-electron chi connectivity index (χ1n) is 10.6. The largest absolute Gasteiger partial charge is 0.395 e. The highest BCUT2D eigenvalue weighted by molar-refractivity contribution is 5.79. The lowest BCUT2D eigenvalue weighted by atomic mass is 9.73. The van der Waals surface area contributed by atoms with Crippen molar-refractivity contribution in [3.63, 3.8) is 0 Å². The molecular formula is C22H30N4O3. The summed E-state index contributed by atoms with van der Waals surface area (Å²) in [5.74, 6) is 1.22. The van der Waals surface area contributed by atoms with Gasteiger partial charge in [0, 0.05) is 51.0 Å². The lowest BCUT2D eigenvalue weighted by Gasteiger charge is -2.48. The number of piperidine rings is 2. The zero-order valence-corrected chi connectivity index (χ0v) is 17.1. The van der Waals surface area contributed by atoms with Crippen LogP contribution in [0.4, 0.5) is 0 Å². The Morgan fingerprint density at radius 1 is 1.21 bits per heavy atom. The fourth-order valence-corrected chi connectivity index (χ4v) is 5.02. The van der Waals surface area contributed by atoms with E-state index in [9.17, 15) is 14.7 Å². The Bertz CT molecular complexity index is 909. The zero-order valence-electron chi connectivity index (χ0n) is 17.1. The number of benzene rings is 1. The van der Waals surface area contributed by atoms with E-state index in [1.54, 1.807) is 4.90 Å². The average Bonchev–Trinajstić information content (AvgIpc) is 3.04. The molecule has 156 valence electrons. The van der Waals surface area contributed by atoms with Gasteiger partial charge in [0.2, 0.25) is 11.8 Å². The first-order chi connectivity index (χ1) is 14.0. The third-order valence-electron chi connectivity index (χ3n) is 6.53. The van der Waals surface area contributed by atoms with Crippen LogP contribution in [0.25, 0.3) is 11.0 Å². The Kier molecular flexibility index (Phi) is 5.58. The van der Waals surface area contributed by atoms with Gasteiger partial charge >= 0.3 is 0 Å². The SMILES string of the molecule is Cc1nc2ccccc2n1CCC(=O)N1CCC[C@@]2(CCC(=O)N(CCO)C2)C1. The number of amides is 2. The number of likely N-dealkylation sites (tertiary alicyclic amines) is 2. The lowest BCUT2D eigenvalue weighted by molar-refractivity contribution is -0.143. The summed E-state index contributed by atoms with van der Waals surface area (Å²) in [5.41, 5.74) is 2.01. The molecule has 2 aliphatic rings. The second kappa shape index (κ2) is 8.14. The fourth-order valence-electron chi connectivity index (χ4n) is 5.02. The maximum absolute atomic E-state index is 13.0. The summed E-state index contributed by atoms with van der Waals surface area (Å²) >= 11 is 0. The second-order valence-corrected chi connectivity index (χ2v) is 8.51. The summed E-state index contributed by atoms with van der Waals surface area (Å²) in [6, 6.07) is 8.02.